The molecule has 0 aliphatic rings. The second-order valence-corrected chi connectivity index (χ2v) is 4.32. The maximum Gasteiger partial charge on any atom is 1.00 e. The molecule has 1 aromatic rings. The molecule has 0 heterocycles. The molecule has 0 atom stereocenters. The number of anilines is 1. The first kappa shape index (κ1) is 15.6. The van der Waals surface area contributed by atoms with E-state index in [0.29, 0.717) is 12.1 Å². The Labute approximate surface area is 118 Å². The molecule has 0 aliphatic heterocycles. The zero-order valence-corrected chi connectivity index (χ0v) is 11.9. The quantitative estimate of drug-likeness (QED) is 0.502. The van der Waals surface area contributed by atoms with Crippen LogP contribution in [0.5, 0.6) is 0 Å². The zero-order valence-electron chi connectivity index (χ0n) is 10.1. The fourth-order valence-electron chi connectivity index (χ4n) is 0.960. The van der Waals surface area contributed by atoms with Gasteiger partial charge in [0.1, 0.15) is 0 Å². The van der Waals surface area contributed by atoms with Gasteiger partial charge in [-0.15, -0.1) is 0 Å². The molecular weight excluding hydrogens is 241 g/mol. The second kappa shape index (κ2) is 6.36. The molecule has 1 aromatic carbocycles. The summed E-state index contributed by atoms with van der Waals surface area (Å²) < 4.78 is 30.1. The predicted molar refractivity (Wildman–Crippen MR) is 56.3 cm³/mol. The van der Waals surface area contributed by atoms with Gasteiger partial charge in [-0.05, 0) is 24.3 Å². The van der Waals surface area contributed by atoms with Gasteiger partial charge in [-0.25, -0.2) is 0 Å². The van der Waals surface area contributed by atoms with Crippen molar-refractivity contribution in [2.75, 3.05) is 5.32 Å². The third kappa shape index (κ3) is 4.63. The van der Waals surface area contributed by atoms with Crippen molar-refractivity contribution in [3.8, 4) is 0 Å². The standard InChI is InChI=1S/C9H11NO4S.Na.H/c1-2-9(11)10-7-3-5-8(6-4-7)15(12,13)14;;/h3-6H,2H2,1H3,(H,10,11)(H,12,13,14);;/q;+1;-1. The molecule has 16 heavy (non-hydrogen) atoms. The van der Waals surface area contributed by atoms with Gasteiger partial charge in [0.25, 0.3) is 10.1 Å². The second-order valence-electron chi connectivity index (χ2n) is 2.90. The molecule has 7 heteroatoms. The molecule has 0 unspecified atom stereocenters. The Hall–Kier alpha value is -0.400. The van der Waals surface area contributed by atoms with Gasteiger partial charge < -0.3 is 6.74 Å². The van der Waals surface area contributed by atoms with Crippen molar-refractivity contribution < 1.29 is 48.7 Å². The first-order valence-corrected chi connectivity index (χ1v) is 5.75. The van der Waals surface area contributed by atoms with Crippen molar-refractivity contribution in [3.05, 3.63) is 24.3 Å². The van der Waals surface area contributed by atoms with Gasteiger partial charge in [-0.3, -0.25) is 9.35 Å². The molecule has 0 bridgehead atoms. The minimum Gasteiger partial charge on any atom is -1.00 e. The van der Waals surface area contributed by atoms with Gasteiger partial charge in [0.15, 0.2) is 0 Å². The van der Waals surface area contributed by atoms with E-state index >= 15 is 0 Å². The number of nitrogens with one attached hydrogen (secondary N) is 1. The summed E-state index contributed by atoms with van der Waals surface area (Å²) in [5.41, 5.74) is 0.495. The average Bonchev–Trinajstić information content (AvgIpc) is 2.17. The first-order valence-electron chi connectivity index (χ1n) is 4.31. The maximum atomic E-state index is 11.0. The maximum absolute atomic E-state index is 11.0. The smallest absolute Gasteiger partial charge is 1.00 e. The van der Waals surface area contributed by atoms with E-state index in [2.05, 4.69) is 5.32 Å². The van der Waals surface area contributed by atoms with E-state index in [4.69, 9.17) is 4.55 Å². The monoisotopic (exact) mass is 253 g/mol. The molecule has 5 nitrogen and oxygen atoms in total. The number of benzene rings is 1. The van der Waals surface area contributed by atoms with Crippen LogP contribution in [0.4, 0.5) is 5.69 Å². The van der Waals surface area contributed by atoms with Crippen LogP contribution in [0.15, 0.2) is 29.2 Å². The largest absolute Gasteiger partial charge is 1.00 e. The van der Waals surface area contributed by atoms with Crippen molar-refractivity contribution in [2.45, 2.75) is 18.2 Å². The molecule has 0 saturated heterocycles. The van der Waals surface area contributed by atoms with Crippen LogP contribution in [-0.4, -0.2) is 18.9 Å². The average molecular weight is 253 g/mol. The number of hydrogen-bond donors (Lipinski definition) is 2. The van der Waals surface area contributed by atoms with E-state index in [1.165, 1.54) is 24.3 Å². The van der Waals surface area contributed by atoms with E-state index < -0.39 is 10.1 Å². The van der Waals surface area contributed by atoms with Crippen molar-refractivity contribution in [1.29, 1.82) is 0 Å². The minimum atomic E-state index is -4.17. The van der Waals surface area contributed by atoms with Crippen LogP contribution < -0.4 is 34.9 Å². The summed E-state index contributed by atoms with van der Waals surface area (Å²) >= 11 is 0. The molecule has 1 amide bonds. The first-order chi connectivity index (χ1) is 6.93. The molecule has 0 aromatic heterocycles. The van der Waals surface area contributed by atoms with E-state index in [1.807, 2.05) is 0 Å². The third-order valence-corrected chi connectivity index (χ3v) is 2.62. The Balaban J connectivity index is 0. The minimum absolute atomic E-state index is 0. The fraction of sp³-hybridized carbons (Fsp3) is 0.222. The summed E-state index contributed by atoms with van der Waals surface area (Å²) in [5.74, 6) is -0.158. The molecule has 0 radical (unpaired) electrons. The van der Waals surface area contributed by atoms with Crippen LogP contribution in [0.3, 0.4) is 0 Å². The number of hydrogen-bond acceptors (Lipinski definition) is 3. The van der Waals surface area contributed by atoms with Gasteiger partial charge in [0.2, 0.25) is 5.91 Å². The van der Waals surface area contributed by atoms with Crippen molar-refractivity contribution >= 4 is 21.7 Å². The van der Waals surface area contributed by atoms with Crippen molar-refractivity contribution in [2.24, 2.45) is 0 Å². The molecular formula is C9H12NNaO4S. The molecule has 84 valence electrons. The number of amides is 1. The third-order valence-electron chi connectivity index (χ3n) is 1.76. The summed E-state index contributed by atoms with van der Waals surface area (Å²) in [7, 11) is -4.17. The Morgan fingerprint density at radius 3 is 2.25 bits per heavy atom. The number of carbonyl (C=O) groups is 1. The summed E-state index contributed by atoms with van der Waals surface area (Å²) in [4.78, 5) is 10.8. The molecule has 0 spiro atoms. The molecule has 2 N–H and O–H groups in total. The normalized spacial score (nSPS) is 10.4. The summed E-state index contributed by atoms with van der Waals surface area (Å²) in [6.45, 7) is 1.71. The van der Waals surface area contributed by atoms with E-state index in [9.17, 15) is 13.2 Å². The summed E-state index contributed by atoms with van der Waals surface area (Å²) in [6, 6.07) is 5.27. The van der Waals surface area contributed by atoms with E-state index in [-0.39, 0.29) is 41.8 Å². The Kier molecular flexibility index (Phi) is 6.20. The van der Waals surface area contributed by atoms with Crippen LogP contribution >= 0.6 is 0 Å². The zero-order chi connectivity index (χ0) is 11.5. The van der Waals surface area contributed by atoms with Gasteiger partial charge >= 0.3 is 29.6 Å². The van der Waals surface area contributed by atoms with Crippen LogP contribution in [-0.2, 0) is 14.9 Å². The van der Waals surface area contributed by atoms with Gasteiger partial charge in [-0.1, -0.05) is 6.92 Å². The SMILES string of the molecule is CCC(=O)Nc1ccc(S(=O)(=O)O)cc1.[H-].[Na+]. The molecule has 0 saturated carbocycles. The van der Waals surface area contributed by atoms with Gasteiger partial charge in [-0.2, -0.15) is 8.42 Å². The van der Waals surface area contributed by atoms with Crippen LogP contribution in [0.1, 0.15) is 14.8 Å². The predicted octanol–water partition coefficient (Wildman–Crippen LogP) is -1.60. The summed E-state index contributed by atoms with van der Waals surface area (Å²) in [5, 5.41) is 2.55. The molecule has 1 rings (SSSR count). The Morgan fingerprint density at radius 1 is 1.38 bits per heavy atom. The number of carbonyl (C=O) groups excluding carboxylic acids is 1. The number of rotatable bonds is 3. The van der Waals surface area contributed by atoms with Crippen LogP contribution in [0, 0.1) is 0 Å². The summed E-state index contributed by atoms with van der Waals surface area (Å²) in [6.07, 6.45) is 0.347. The van der Waals surface area contributed by atoms with Gasteiger partial charge in [0.05, 0.1) is 4.90 Å². The van der Waals surface area contributed by atoms with E-state index in [1.54, 1.807) is 6.92 Å². The van der Waals surface area contributed by atoms with Crippen molar-refractivity contribution in [1.82, 2.24) is 0 Å². The topological polar surface area (TPSA) is 83.5 Å². The Morgan fingerprint density at radius 2 is 1.88 bits per heavy atom. The van der Waals surface area contributed by atoms with Gasteiger partial charge in [0, 0.05) is 12.1 Å². The molecule has 0 aliphatic carbocycles. The van der Waals surface area contributed by atoms with Crippen molar-refractivity contribution in [3.63, 3.8) is 0 Å². The van der Waals surface area contributed by atoms with Crippen LogP contribution in [0.25, 0.3) is 0 Å². The molecule has 0 fully saturated rings. The fourth-order valence-corrected chi connectivity index (χ4v) is 1.44. The van der Waals surface area contributed by atoms with E-state index in [0.717, 1.165) is 0 Å². The van der Waals surface area contributed by atoms with Crippen LogP contribution in [0.2, 0.25) is 0 Å². The Bertz CT molecular complexity index is 460.